The van der Waals surface area contributed by atoms with Crippen molar-refractivity contribution in [3.05, 3.63) is 66.0 Å². The van der Waals surface area contributed by atoms with Crippen molar-refractivity contribution >= 4 is 12.0 Å². The first-order chi connectivity index (χ1) is 10.3. The van der Waals surface area contributed by atoms with Gasteiger partial charge in [0.15, 0.2) is 0 Å². The first-order valence-corrected chi connectivity index (χ1v) is 7.06. The minimum absolute atomic E-state index is 0.317. The van der Waals surface area contributed by atoms with Crippen LogP contribution >= 0.6 is 0 Å². The van der Waals surface area contributed by atoms with Gasteiger partial charge in [0.2, 0.25) is 0 Å². The van der Waals surface area contributed by atoms with E-state index in [2.05, 4.69) is 6.58 Å². The van der Waals surface area contributed by atoms with Gasteiger partial charge < -0.3 is 4.74 Å². The molecule has 2 aromatic rings. The second-order valence-electron chi connectivity index (χ2n) is 6.02. The van der Waals surface area contributed by atoms with Crippen molar-refractivity contribution in [1.29, 1.82) is 0 Å². The van der Waals surface area contributed by atoms with E-state index in [1.165, 1.54) is 6.07 Å². The SMILES string of the molecule is C=Cc1ccc(-c2ccc(C(=O)OC(C)(C)C)cc2)c(F)c1. The molecule has 0 aromatic heterocycles. The Balaban J connectivity index is 2.25. The number of benzene rings is 2. The van der Waals surface area contributed by atoms with E-state index < -0.39 is 5.60 Å². The van der Waals surface area contributed by atoms with Crippen molar-refractivity contribution in [2.24, 2.45) is 0 Å². The first kappa shape index (κ1) is 16.0. The van der Waals surface area contributed by atoms with E-state index in [1.807, 2.05) is 20.8 Å². The molecule has 2 nitrogen and oxygen atoms in total. The number of carbonyl (C=O) groups is 1. The van der Waals surface area contributed by atoms with Gasteiger partial charge in [-0.05, 0) is 50.1 Å². The van der Waals surface area contributed by atoms with Crippen LogP contribution in [-0.2, 0) is 4.74 Å². The Morgan fingerprint density at radius 1 is 1.14 bits per heavy atom. The molecule has 2 rings (SSSR count). The second-order valence-corrected chi connectivity index (χ2v) is 6.02. The lowest BCUT2D eigenvalue weighted by Gasteiger charge is -2.19. The quantitative estimate of drug-likeness (QED) is 0.738. The number of rotatable bonds is 3. The Labute approximate surface area is 130 Å². The number of ether oxygens (including phenoxy) is 1. The molecule has 0 aliphatic rings. The van der Waals surface area contributed by atoms with Crippen LogP contribution in [-0.4, -0.2) is 11.6 Å². The normalized spacial score (nSPS) is 11.1. The summed E-state index contributed by atoms with van der Waals surface area (Å²) in [5.41, 5.74) is 1.83. The zero-order chi connectivity index (χ0) is 16.3. The standard InChI is InChI=1S/C19H19FO2/c1-5-13-6-11-16(17(20)12-13)14-7-9-15(10-8-14)18(21)22-19(2,3)4/h5-12H,1H2,2-4H3. The third kappa shape index (κ3) is 3.82. The third-order valence-electron chi connectivity index (χ3n) is 3.06. The van der Waals surface area contributed by atoms with Crippen molar-refractivity contribution in [1.82, 2.24) is 0 Å². The molecule has 0 saturated carbocycles. The van der Waals surface area contributed by atoms with Crippen LogP contribution in [0.3, 0.4) is 0 Å². The molecule has 2 aromatic carbocycles. The Kier molecular flexibility index (Phi) is 4.45. The lowest BCUT2D eigenvalue weighted by atomic mass is 10.0. The summed E-state index contributed by atoms with van der Waals surface area (Å²) in [6.07, 6.45) is 1.60. The van der Waals surface area contributed by atoms with Gasteiger partial charge in [0.05, 0.1) is 5.56 Å². The molecular formula is C19H19FO2. The minimum Gasteiger partial charge on any atom is -0.456 e. The maximum absolute atomic E-state index is 14.1. The molecule has 0 aliphatic carbocycles. The van der Waals surface area contributed by atoms with E-state index in [9.17, 15) is 9.18 Å². The fourth-order valence-corrected chi connectivity index (χ4v) is 2.02. The number of carbonyl (C=O) groups excluding carboxylic acids is 1. The summed E-state index contributed by atoms with van der Waals surface area (Å²) in [5.74, 6) is -0.705. The van der Waals surface area contributed by atoms with E-state index in [-0.39, 0.29) is 11.8 Å². The van der Waals surface area contributed by atoms with Gasteiger partial charge in [-0.15, -0.1) is 0 Å². The smallest absolute Gasteiger partial charge is 0.338 e. The van der Waals surface area contributed by atoms with Crippen LogP contribution in [0, 0.1) is 5.82 Å². The highest BCUT2D eigenvalue weighted by atomic mass is 19.1. The molecule has 0 fully saturated rings. The average Bonchev–Trinajstić information content (AvgIpc) is 2.45. The molecule has 0 N–H and O–H groups in total. The number of hydrogen-bond donors (Lipinski definition) is 0. The first-order valence-electron chi connectivity index (χ1n) is 7.06. The van der Waals surface area contributed by atoms with E-state index in [0.717, 1.165) is 5.56 Å². The predicted octanol–water partition coefficient (Wildman–Crippen LogP) is 5.09. The van der Waals surface area contributed by atoms with Crippen LogP contribution < -0.4 is 0 Å². The average molecular weight is 298 g/mol. The van der Waals surface area contributed by atoms with Gasteiger partial charge in [-0.25, -0.2) is 9.18 Å². The van der Waals surface area contributed by atoms with Crippen LogP contribution in [0.1, 0.15) is 36.7 Å². The Hall–Kier alpha value is -2.42. The summed E-state index contributed by atoms with van der Waals surface area (Å²) < 4.78 is 19.4. The van der Waals surface area contributed by atoms with E-state index >= 15 is 0 Å². The van der Waals surface area contributed by atoms with Crippen LogP contribution in [0.25, 0.3) is 17.2 Å². The molecule has 0 bridgehead atoms. The van der Waals surface area contributed by atoms with Gasteiger partial charge in [-0.3, -0.25) is 0 Å². The topological polar surface area (TPSA) is 26.3 Å². The Morgan fingerprint density at radius 3 is 2.27 bits per heavy atom. The molecule has 0 amide bonds. The maximum Gasteiger partial charge on any atom is 0.338 e. The third-order valence-corrected chi connectivity index (χ3v) is 3.06. The van der Waals surface area contributed by atoms with Gasteiger partial charge in [0, 0.05) is 5.56 Å². The summed E-state index contributed by atoms with van der Waals surface area (Å²) in [6.45, 7) is 9.06. The highest BCUT2D eigenvalue weighted by molar-refractivity contribution is 5.90. The van der Waals surface area contributed by atoms with Gasteiger partial charge in [-0.1, -0.05) is 36.9 Å². The fourth-order valence-electron chi connectivity index (χ4n) is 2.02. The molecule has 0 aliphatic heterocycles. The minimum atomic E-state index is -0.539. The summed E-state index contributed by atoms with van der Waals surface area (Å²) in [5, 5.41) is 0. The molecular weight excluding hydrogens is 279 g/mol. The molecule has 0 unspecified atom stereocenters. The highest BCUT2D eigenvalue weighted by Gasteiger charge is 2.17. The second kappa shape index (κ2) is 6.14. The molecule has 0 atom stereocenters. The van der Waals surface area contributed by atoms with Crippen molar-refractivity contribution in [2.75, 3.05) is 0 Å². The zero-order valence-electron chi connectivity index (χ0n) is 13.0. The Morgan fingerprint density at radius 2 is 1.77 bits per heavy atom. The number of esters is 1. The summed E-state index contributed by atoms with van der Waals surface area (Å²) >= 11 is 0. The van der Waals surface area contributed by atoms with Gasteiger partial charge in [0.25, 0.3) is 0 Å². The molecule has 0 spiro atoms. The van der Waals surface area contributed by atoms with Crippen LogP contribution in [0.2, 0.25) is 0 Å². The van der Waals surface area contributed by atoms with E-state index in [0.29, 0.717) is 16.7 Å². The fraction of sp³-hybridized carbons (Fsp3) is 0.211. The maximum atomic E-state index is 14.1. The van der Waals surface area contributed by atoms with Crippen molar-refractivity contribution < 1.29 is 13.9 Å². The lowest BCUT2D eigenvalue weighted by molar-refractivity contribution is 0.00696. The van der Waals surface area contributed by atoms with Crippen LogP contribution in [0.5, 0.6) is 0 Å². The molecule has 3 heteroatoms. The monoisotopic (exact) mass is 298 g/mol. The van der Waals surface area contributed by atoms with Gasteiger partial charge >= 0.3 is 5.97 Å². The Bertz CT molecular complexity index is 694. The summed E-state index contributed by atoms with van der Waals surface area (Å²) in [7, 11) is 0. The summed E-state index contributed by atoms with van der Waals surface area (Å²) in [6, 6.07) is 11.6. The number of hydrogen-bond acceptors (Lipinski definition) is 2. The largest absolute Gasteiger partial charge is 0.456 e. The molecule has 0 saturated heterocycles. The van der Waals surface area contributed by atoms with Crippen molar-refractivity contribution in [2.45, 2.75) is 26.4 Å². The van der Waals surface area contributed by atoms with E-state index in [1.54, 1.807) is 42.5 Å². The zero-order valence-corrected chi connectivity index (χ0v) is 13.0. The van der Waals surface area contributed by atoms with Crippen molar-refractivity contribution in [3.8, 4) is 11.1 Å². The molecule has 114 valence electrons. The lowest BCUT2D eigenvalue weighted by Crippen LogP contribution is -2.23. The highest BCUT2D eigenvalue weighted by Crippen LogP contribution is 2.25. The van der Waals surface area contributed by atoms with E-state index in [4.69, 9.17) is 4.74 Å². The predicted molar refractivity (Wildman–Crippen MR) is 87.1 cm³/mol. The van der Waals surface area contributed by atoms with Crippen molar-refractivity contribution in [3.63, 3.8) is 0 Å². The number of halogens is 1. The van der Waals surface area contributed by atoms with Crippen LogP contribution in [0.4, 0.5) is 4.39 Å². The molecule has 0 heterocycles. The molecule has 22 heavy (non-hydrogen) atoms. The molecule has 0 radical (unpaired) electrons. The summed E-state index contributed by atoms with van der Waals surface area (Å²) in [4.78, 5) is 12.0. The van der Waals surface area contributed by atoms with Gasteiger partial charge in [0.1, 0.15) is 11.4 Å². The van der Waals surface area contributed by atoms with Crippen LogP contribution in [0.15, 0.2) is 49.0 Å². The van der Waals surface area contributed by atoms with Gasteiger partial charge in [-0.2, -0.15) is 0 Å².